The normalized spacial score (nSPS) is 12.5. The van der Waals surface area contributed by atoms with E-state index in [1.54, 1.807) is 0 Å². The lowest BCUT2D eigenvalue weighted by Crippen LogP contribution is -2.13. The molecule has 2 N–H and O–H groups in total. The van der Waals surface area contributed by atoms with Gasteiger partial charge in [0.2, 0.25) is 0 Å². The van der Waals surface area contributed by atoms with Gasteiger partial charge in [0.05, 0.1) is 11.1 Å². The first kappa shape index (κ1) is 15.1. The number of hydrogen-bond acceptors (Lipinski definition) is 4. The molecule has 0 bridgehead atoms. The van der Waals surface area contributed by atoms with E-state index in [1.165, 1.54) is 0 Å². The summed E-state index contributed by atoms with van der Waals surface area (Å²) >= 11 is 0. The Morgan fingerprint density at radius 2 is 1.52 bits per heavy atom. The van der Waals surface area contributed by atoms with Crippen LogP contribution in [0.2, 0.25) is 0 Å². The minimum absolute atomic E-state index is 0.0408. The Kier molecular flexibility index (Phi) is 3.75. The van der Waals surface area contributed by atoms with Gasteiger partial charge in [-0.1, -0.05) is 5.10 Å². The van der Waals surface area contributed by atoms with Gasteiger partial charge in [-0.15, -0.1) is 5.10 Å². The van der Waals surface area contributed by atoms with Crippen molar-refractivity contribution < 1.29 is 26.3 Å². The molecule has 0 saturated carbocycles. The van der Waals surface area contributed by atoms with Crippen LogP contribution in [0.1, 0.15) is 16.7 Å². The second-order valence-corrected chi connectivity index (χ2v) is 4.00. The molecule has 0 radical (unpaired) electrons. The van der Waals surface area contributed by atoms with Crippen LogP contribution >= 0.6 is 0 Å². The summed E-state index contributed by atoms with van der Waals surface area (Å²) < 4.78 is 75.7. The second-order valence-electron chi connectivity index (χ2n) is 4.00. The number of tetrazole rings is 1. The molecule has 2 aromatic rings. The monoisotopic (exact) mass is 311 g/mol. The van der Waals surface area contributed by atoms with Gasteiger partial charge in [0.1, 0.15) is 0 Å². The minimum Gasteiger partial charge on any atom is -0.348 e. The molecule has 0 atom stereocenters. The Morgan fingerprint density at radius 3 is 1.95 bits per heavy atom. The SMILES string of the molecule is FC(F)(F)c1cc(CNc2nn[nH]n2)cc(C(F)(F)F)c1. The summed E-state index contributed by atoms with van der Waals surface area (Å²) in [7, 11) is 0. The number of alkyl halides is 6. The zero-order chi connectivity index (χ0) is 15.7. The third-order valence-corrected chi connectivity index (χ3v) is 2.44. The van der Waals surface area contributed by atoms with E-state index in [0.29, 0.717) is 12.1 Å². The molecule has 0 aliphatic carbocycles. The number of nitrogens with one attached hydrogen (secondary N) is 2. The molecule has 0 spiro atoms. The van der Waals surface area contributed by atoms with Gasteiger partial charge in [0, 0.05) is 6.54 Å². The van der Waals surface area contributed by atoms with Gasteiger partial charge in [-0.25, -0.2) is 0 Å². The maximum atomic E-state index is 12.6. The molecule has 0 fully saturated rings. The van der Waals surface area contributed by atoms with Gasteiger partial charge >= 0.3 is 12.4 Å². The van der Waals surface area contributed by atoms with Crippen molar-refractivity contribution in [2.24, 2.45) is 0 Å². The lowest BCUT2D eigenvalue weighted by Gasteiger charge is -2.14. The number of aromatic amines is 1. The molecular weight excluding hydrogens is 304 g/mol. The van der Waals surface area contributed by atoms with Crippen LogP contribution in [0.3, 0.4) is 0 Å². The number of anilines is 1. The van der Waals surface area contributed by atoms with Crippen molar-refractivity contribution in [1.29, 1.82) is 0 Å². The zero-order valence-electron chi connectivity index (χ0n) is 10.0. The van der Waals surface area contributed by atoms with Crippen LogP contribution in [-0.4, -0.2) is 20.6 Å². The molecule has 2 rings (SSSR count). The fourth-order valence-corrected chi connectivity index (χ4v) is 1.54. The number of nitrogens with zero attached hydrogens (tertiary/aromatic N) is 3. The summed E-state index contributed by atoms with van der Waals surface area (Å²) in [5.74, 6) is -0.0408. The van der Waals surface area contributed by atoms with Crippen molar-refractivity contribution >= 4 is 5.95 Å². The van der Waals surface area contributed by atoms with E-state index in [4.69, 9.17) is 0 Å². The molecule has 21 heavy (non-hydrogen) atoms. The average Bonchev–Trinajstić information content (AvgIpc) is 2.87. The maximum Gasteiger partial charge on any atom is 0.416 e. The fourth-order valence-electron chi connectivity index (χ4n) is 1.54. The molecule has 114 valence electrons. The van der Waals surface area contributed by atoms with Crippen LogP contribution in [0.25, 0.3) is 0 Å². The molecule has 1 aromatic heterocycles. The highest BCUT2D eigenvalue weighted by molar-refractivity contribution is 5.35. The number of benzene rings is 1. The number of H-pyrrole nitrogens is 1. The highest BCUT2D eigenvalue weighted by atomic mass is 19.4. The van der Waals surface area contributed by atoms with Crippen molar-refractivity contribution in [3.05, 3.63) is 34.9 Å². The summed E-state index contributed by atoms with van der Waals surface area (Å²) in [4.78, 5) is 0. The van der Waals surface area contributed by atoms with Crippen molar-refractivity contribution in [1.82, 2.24) is 20.6 Å². The van der Waals surface area contributed by atoms with E-state index in [9.17, 15) is 26.3 Å². The lowest BCUT2D eigenvalue weighted by molar-refractivity contribution is -0.143. The van der Waals surface area contributed by atoms with Crippen molar-refractivity contribution in [2.75, 3.05) is 5.32 Å². The lowest BCUT2D eigenvalue weighted by atomic mass is 10.0. The highest BCUT2D eigenvalue weighted by Gasteiger charge is 2.36. The third-order valence-electron chi connectivity index (χ3n) is 2.44. The number of hydrogen-bond donors (Lipinski definition) is 2. The van der Waals surface area contributed by atoms with Crippen LogP contribution in [0.4, 0.5) is 32.3 Å². The van der Waals surface area contributed by atoms with Crippen molar-refractivity contribution in [3.8, 4) is 0 Å². The molecule has 0 unspecified atom stereocenters. The smallest absolute Gasteiger partial charge is 0.348 e. The van der Waals surface area contributed by atoms with Gasteiger partial charge in [-0.2, -0.15) is 31.6 Å². The predicted molar refractivity (Wildman–Crippen MR) is 58.0 cm³/mol. The van der Waals surface area contributed by atoms with E-state index >= 15 is 0 Å². The van der Waals surface area contributed by atoms with E-state index < -0.39 is 23.5 Å². The Labute approximate surface area is 113 Å². The predicted octanol–water partition coefficient (Wildman–Crippen LogP) is 2.85. The van der Waals surface area contributed by atoms with Crippen LogP contribution in [0, 0.1) is 0 Å². The number of aromatic nitrogens is 4. The summed E-state index contributed by atoms with van der Waals surface area (Å²) in [5, 5.41) is 14.7. The Hall–Kier alpha value is -2.33. The van der Waals surface area contributed by atoms with Gasteiger partial charge < -0.3 is 5.32 Å². The largest absolute Gasteiger partial charge is 0.416 e. The third kappa shape index (κ3) is 3.83. The average molecular weight is 311 g/mol. The Morgan fingerprint density at radius 1 is 0.952 bits per heavy atom. The van der Waals surface area contributed by atoms with Crippen LogP contribution in [-0.2, 0) is 18.9 Å². The van der Waals surface area contributed by atoms with E-state index in [-0.39, 0.29) is 24.1 Å². The Balaban J connectivity index is 2.31. The Bertz CT molecular complexity index is 571. The minimum atomic E-state index is -4.87. The molecule has 11 heteroatoms. The van der Waals surface area contributed by atoms with Crippen LogP contribution in [0.5, 0.6) is 0 Å². The molecule has 1 heterocycles. The molecule has 0 aliphatic heterocycles. The maximum absolute atomic E-state index is 12.6. The first-order valence-corrected chi connectivity index (χ1v) is 5.42. The number of rotatable bonds is 3. The molecule has 0 saturated heterocycles. The quantitative estimate of drug-likeness (QED) is 0.856. The van der Waals surface area contributed by atoms with Gasteiger partial charge in [0.25, 0.3) is 5.95 Å². The standard InChI is InChI=1S/C10H7F6N5/c11-9(12,13)6-1-5(2-7(3-6)10(14,15)16)4-17-8-18-20-21-19-8/h1-3H,4H2,(H2,17,18,19,20,21). The first-order valence-electron chi connectivity index (χ1n) is 5.42. The van der Waals surface area contributed by atoms with E-state index in [0.717, 1.165) is 0 Å². The highest BCUT2D eigenvalue weighted by Crippen LogP contribution is 2.36. The van der Waals surface area contributed by atoms with Gasteiger partial charge in [0.15, 0.2) is 0 Å². The van der Waals surface area contributed by atoms with Crippen molar-refractivity contribution in [3.63, 3.8) is 0 Å². The van der Waals surface area contributed by atoms with E-state index in [2.05, 4.69) is 25.9 Å². The molecule has 5 nitrogen and oxygen atoms in total. The van der Waals surface area contributed by atoms with E-state index in [1.807, 2.05) is 0 Å². The van der Waals surface area contributed by atoms with Crippen LogP contribution < -0.4 is 5.32 Å². The summed E-state index contributed by atoms with van der Waals surface area (Å²) in [6.45, 7) is -0.313. The summed E-state index contributed by atoms with van der Waals surface area (Å²) in [6.07, 6.45) is -9.75. The van der Waals surface area contributed by atoms with Crippen LogP contribution in [0.15, 0.2) is 18.2 Å². The molecule has 1 aromatic carbocycles. The molecule has 0 amide bonds. The number of halogens is 6. The first-order chi connectivity index (χ1) is 9.66. The zero-order valence-corrected chi connectivity index (χ0v) is 10.0. The van der Waals surface area contributed by atoms with Crippen molar-refractivity contribution in [2.45, 2.75) is 18.9 Å². The topological polar surface area (TPSA) is 66.5 Å². The molecule has 0 aliphatic rings. The second kappa shape index (κ2) is 5.22. The fraction of sp³-hybridized carbons (Fsp3) is 0.300. The molecular formula is C10H7F6N5. The summed E-state index contributed by atoms with van der Waals surface area (Å²) in [6, 6.07) is 1.32. The van der Waals surface area contributed by atoms with Gasteiger partial charge in [-0.3, -0.25) is 0 Å². The van der Waals surface area contributed by atoms with Gasteiger partial charge in [-0.05, 0) is 29.0 Å². The summed E-state index contributed by atoms with van der Waals surface area (Å²) in [5.41, 5.74) is -2.95.